The molecule has 0 aromatic heterocycles. The summed E-state index contributed by atoms with van der Waals surface area (Å²) in [5, 5.41) is 0. The van der Waals surface area contributed by atoms with Crippen LogP contribution in [0.5, 0.6) is 11.5 Å². The Kier molecular flexibility index (Phi) is 4.69. The topological polar surface area (TPSA) is 35.2 Å². The lowest BCUT2D eigenvalue weighted by Crippen LogP contribution is -1.97. The van der Waals surface area contributed by atoms with E-state index in [0.717, 1.165) is 21.5 Å². The first-order valence-corrected chi connectivity index (χ1v) is 7.55. The maximum Gasteiger partial charge on any atom is 0.128 e. The van der Waals surface area contributed by atoms with E-state index in [1.807, 2.05) is 42.5 Å². The molecule has 0 fully saturated rings. The predicted molar refractivity (Wildman–Crippen MR) is 80.3 cm³/mol. The van der Waals surface area contributed by atoms with Crippen molar-refractivity contribution < 1.29 is 4.74 Å². The Hall–Kier alpha value is -0.970. The SMILES string of the molecule is CSc1ccc(Oc2ccc(CN)c(Br)c2)cc1. The van der Waals surface area contributed by atoms with Gasteiger partial charge >= 0.3 is 0 Å². The Morgan fingerprint density at radius 3 is 2.33 bits per heavy atom. The fraction of sp³-hybridized carbons (Fsp3) is 0.143. The molecule has 2 rings (SSSR count). The summed E-state index contributed by atoms with van der Waals surface area (Å²) in [6, 6.07) is 13.9. The molecule has 0 unspecified atom stereocenters. The molecule has 0 bridgehead atoms. The minimum absolute atomic E-state index is 0.517. The van der Waals surface area contributed by atoms with E-state index in [0.29, 0.717) is 6.54 Å². The van der Waals surface area contributed by atoms with E-state index < -0.39 is 0 Å². The number of nitrogens with two attached hydrogens (primary N) is 1. The van der Waals surface area contributed by atoms with Gasteiger partial charge in [-0.2, -0.15) is 0 Å². The van der Waals surface area contributed by atoms with Gasteiger partial charge in [-0.15, -0.1) is 11.8 Å². The van der Waals surface area contributed by atoms with Crippen LogP contribution in [-0.2, 0) is 6.54 Å². The maximum atomic E-state index is 5.78. The molecule has 2 nitrogen and oxygen atoms in total. The van der Waals surface area contributed by atoms with Crippen LogP contribution in [0, 0.1) is 0 Å². The summed E-state index contributed by atoms with van der Waals surface area (Å²) in [6.07, 6.45) is 2.05. The zero-order valence-electron chi connectivity index (χ0n) is 10.0. The molecule has 0 heterocycles. The van der Waals surface area contributed by atoms with Gasteiger partial charge in [-0.1, -0.05) is 22.0 Å². The molecular formula is C14H14BrNOS. The van der Waals surface area contributed by atoms with Crippen LogP contribution in [0.15, 0.2) is 51.8 Å². The fourth-order valence-electron chi connectivity index (χ4n) is 1.54. The second-order valence-corrected chi connectivity index (χ2v) is 5.47. The highest BCUT2D eigenvalue weighted by molar-refractivity contribution is 9.10. The molecule has 0 amide bonds. The molecule has 18 heavy (non-hydrogen) atoms. The molecule has 0 saturated carbocycles. The molecule has 94 valence electrons. The fourth-order valence-corrected chi connectivity index (χ4v) is 2.46. The van der Waals surface area contributed by atoms with E-state index in [4.69, 9.17) is 10.5 Å². The summed E-state index contributed by atoms with van der Waals surface area (Å²) in [5.41, 5.74) is 6.68. The third kappa shape index (κ3) is 3.28. The van der Waals surface area contributed by atoms with Crippen LogP contribution in [-0.4, -0.2) is 6.26 Å². The highest BCUT2D eigenvalue weighted by atomic mass is 79.9. The number of benzene rings is 2. The van der Waals surface area contributed by atoms with Crippen molar-refractivity contribution in [1.29, 1.82) is 0 Å². The zero-order chi connectivity index (χ0) is 13.0. The molecular weight excluding hydrogens is 310 g/mol. The van der Waals surface area contributed by atoms with Crippen LogP contribution in [0.4, 0.5) is 0 Å². The van der Waals surface area contributed by atoms with E-state index in [1.165, 1.54) is 4.90 Å². The van der Waals surface area contributed by atoms with E-state index in [9.17, 15) is 0 Å². The molecule has 0 radical (unpaired) electrons. The van der Waals surface area contributed by atoms with Crippen molar-refractivity contribution in [2.24, 2.45) is 5.73 Å². The lowest BCUT2D eigenvalue weighted by atomic mass is 10.2. The summed E-state index contributed by atoms with van der Waals surface area (Å²) in [6.45, 7) is 0.517. The van der Waals surface area contributed by atoms with Gasteiger partial charge in [0.25, 0.3) is 0 Å². The third-order valence-corrected chi connectivity index (χ3v) is 4.02. The van der Waals surface area contributed by atoms with E-state index in [2.05, 4.69) is 22.2 Å². The average Bonchev–Trinajstić information content (AvgIpc) is 2.40. The Morgan fingerprint density at radius 1 is 1.11 bits per heavy atom. The number of halogens is 1. The summed E-state index contributed by atoms with van der Waals surface area (Å²) in [7, 11) is 0. The highest BCUT2D eigenvalue weighted by Gasteiger charge is 2.02. The van der Waals surface area contributed by atoms with Crippen LogP contribution < -0.4 is 10.5 Å². The summed E-state index contributed by atoms with van der Waals surface area (Å²) < 4.78 is 6.75. The number of hydrogen-bond acceptors (Lipinski definition) is 3. The van der Waals surface area contributed by atoms with E-state index >= 15 is 0 Å². The first-order chi connectivity index (χ1) is 8.72. The Morgan fingerprint density at radius 2 is 1.78 bits per heavy atom. The quantitative estimate of drug-likeness (QED) is 0.846. The van der Waals surface area contributed by atoms with Gasteiger partial charge in [0.15, 0.2) is 0 Å². The molecule has 2 aromatic rings. The molecule has 0 aliphatic heterocycles. The molecule has 0 aliphatic carbocycles. The largest absolute Gasteiger partial charge is 0.457 e. The summed E-state index contributed by atoms with van der Waals surface area (Å²) >= 11 is 5.19. The highest BCUT2D eigenvalue weighted by Crippen LogP contribution is 2.28. The standard InChI is InChI=1S/C14H14BrNOS/c1-18-13-6-4-11(5-7-13)17-12-3-2-10(9-16)14(15)8-12/h2-8H,9,16H2,1H3. The minimum Gasteiger partial charge on any atom is -0.457 e. The maximum absolute atomic E-state index is 5.78. The van der Waals surface area contributed by atoms with Crippen LogP contribution >= 0.6 is 27.7 Å². The first-order valence-electron chi connectivity index (χ1n) is 5.53. The molecule has 2 aromatic carbocycles. The van der Waals surface area contributed by atoms with Gasteiger partial charge < -0.3 is 10.5 Å². The van der Waals surface area contributed by atoms with Gasteiger partial charge in [0, 0.05) is 15.9 Å². The summed E-state index contributed by atoms with van der Waals surface area (Å²) in [5.74, 6) is 1.64. The Labute approximate surface area is 120 Å². The molecule has 4 heteroatoms. The van der Waals surface area contributed by atoms with Crippen LogP contribution in [0.25, 0.3) is 0 Å². The number of ether oxygens (including phenoxy) is 1. The molecule has 0 saturated heterocycles. The van der Waals surface area contributed by atoms with Crippen molar-refractivity contribution in [3.63, 3.8) is 0 Å². The van der Waals surface area contributed by atoms with Crippen molar-refractivity contribution in [3.8, 4) is 11.5 Å². The third-order valence-electron chi connectivity index (χ3n) is 2.54. The Balaban J connectivity index is 2.15. The van der Waals surface area contributed by atoms with Gasteiger partial charge in [-0.3, -0.25) is 0 Å². The van der Waals surface area contributed by atoms with Gasteiger partial charge in [0.1, 0.15) is 11.5 Å². The van der Waals surface area contributed by atoms with Crippen LogP contribution in [0.3, 0.4) is 0 Å². The van der Waals surface area contributed by atoms with Gasteiger partial charge in [-0.05, 0) is 48.2 Å². The van der Waals surface area contributed by atoms with Crippen molar-refractivity contribution in [2.45, 2.75) is 11.4 Å². The first kappa shape index (κ1) is 13.5. The van der Waals surface area contributed by atoms with Crippen LogP contribution in [0.2, 0.25) is 0 Å². The number of hydrogen-bond donors (Lipinski definition) is 1. The van der Waals surface area contributed by atoms with Crippen molar-refractivity contribution in [2.75, 3.05) is 6.26 Å². The second kappa shape index (κ2) is 6.27. The average molecular weight is 324 g/mol. The van der Waals surface area contributed by atoms with Gasteiger partial charge in [0.05, 0.1) is 0 Å². The van der Waals surface area contributed by atoms with E-state index in [-0.39, 0.29) is 0 Å². The minimum atomic E-state index is 0.517. The monoisotopic (exact) mass is 323 g/mol. The van der Waals surface area contributed by atoms with Crippen molar-refractivity contribution in [1.82, 2.24) is 0 Å². The zero-order valence-corrected chi connectivity index (χ0v) is 12.4. The van der Waals surface area contributed by atoms with Crippen LogP contribution in [0.1, 0.15) is 5.56 Å². The Bertz CT molecular complexity index is 528. The molecule has 0 aliphatic rings. The van der Waals surface area contributed by atoms with E-state index in [1.54, 1.807) is 11.8 Å². The smallest absolute Gasteiger partial charge is 0.128 e. The van der Waals surface area contributed by atoms with Gasteiger partial charge in [0.2, 0.25) is 0 Å². The normalized spacial score (nSPS) is 10.4. The van der Waals surface area contributed by atoms with Crippen molar-refractivity contribution >= 4 is 27.7 Å². The summed E-state index contributed by atoms with van der Waals surface area (Å²) in [4.78, 5) is 1.22. The molecule has 0 spiro atoms. The predicted octanol–water partition coefficient (Wildman–Crippen LogP) is 4.42. The molecule has 0 atom stereocenters. The lowest BCUT2D eigenvalue weighted by Gasteiger charge is -2.08. The lowest BCUT2D eigenvalue weighted by molar-refractivity contribution is 0.481. The van der Waals surface area contributed by atoms with Crippen molar-refractivity contribution in [3.05, 3.63) is 52.5 Å². The number of rotatable bonds is 4. The van der Waals surface area contributed by atoms with Gasteiger partial charge in [-0.25, -0.2) is 0 Å². The molecule has 2 N–H and O–H groups in total. The number of thioether (sulfide) groups is 1. The second-order valence-electron chi connectivity index (χ2n) is 3.73.